The highest BCUT2D eigenvalue weighted by atomic mass is 19.4. The maximum Gasteiger partial charge on any atom is 0.573 e. The molecule has 0 unspecified atom stereocenters. The van der Waals surface area contributed by atoms with Gasteiger partial charge >= 0.3 is 6.36 Å². The van der Waals surface area contributed by atoms with Crippen LogP contribution >= 0.6 is 0 Å². The third kappa shape index (κ3) is 6.19. The van der Waals surface area contributed by atoms with Crippen molar-refractivity contribution in [1.82, 2.24) is 10.2 Å². The Morgan fingerprint density at radius 2 is 1.87 bits per heavy atom. The summed E-state index contributed by atoms with van der Waals surface area (Å²) in [7, 11) is 1.37. The van der Waals surface area contributed by atoms with Gasteiger partial charge in [-0.1, -0.05) is 18.2 Å². The molecule has 0 saturated carbocycles. The molecule has 2 aromatic rings. The molecule has 0 spiro atoms. The summed E-state index contributed by atoms with van der Waals surface area (Å²) in [6.45, 7) is 0.902. The molecule has 0 bridgehead atoms. The minimum Gasteiger partial charge on any atom is -0.405 e. The number of nitrogens with zero attached hydrogens (tertiary/aromatic N) is 2. The number of hydrogen-bond acceptors (Lipinski definition) is 5. The lowest BCUT2D eigenvalue weighted by molar-refractivity contribution is -0.385. The van der Waals surface area contributed by atoms with Crippen molar-refractivity contribution in [3.63, 3.8) is 0 Å². The second kappa shape index (κ2) is 9.25. The number of carbonyl (C=O) groups is 2. The number of nitrogens with one attached hydrogen (secondary N) is 1. The number of nitro benzene ring substituents is 1. The molecule has 0 fully saturated rings. The van der Waals surface area contributed by atoms with Crippen LogP contribution in [0.15, 0.2) is 42.5 Å². The molecule has 11 heteroatoms. The normalized spacial score (nSPS) is 11.0. The fourth-order valence-electron chi connectivity index (χ4n) is 2.60. The van der Waals surface area contributed by atoms with E-state index in [-0.39, 0.29) is 28.9 Å². The Labute approximate surface area is 169 Å². The van der Waals surface area contributed by atoms with E-state index in [0.29, 0.717) is 0 Å². The van der Waals surface area contributed by atoms with E-state index < -0.39 is 35.4 Å². The number of nitro groups is 1. The Morgan fingerprint density at radius 1 is 1.20 bits per heavy atom. The zero-order valence-electron chi connectivity index (χ0n) is 16.0. The summed E-state index contributed by atoms with van der Waals surface area (Å²) in [5.74, 6) is -1.59. The van der Waals surface area contributed by atoms with Crippen molar-refractivity contribution in [1.29, 1.82) is 0 Å². The average Bonchev–Trinajstić information content (AvgIpc) is 2.65. The van der Waals surface area contributed by atoms with Crippen molar-refractivity contribution in [2.45, 2.75) is 19.8 Å². The third-order valence-electron chi connectivity index (χ3n) is 4.09. The van der Waals surface area contributed by atoms with Crippen molar-refractivity contribution in [2.75, 3.05) is 13.6 Å². The summed E-state index contributed by atoms with van der Waals surface area (Å²) < 4.78 is 41.4. The predicted molar refractivity (Wildman–Crippen MR) is 99.8 cm³/mol. The number of aryl methyl sites for hydroxylation is 1. The van der Waals surface area contributed by atoms with Gasteiger partial charge < -0.3 is 15.0 Å². The molecule has 0 aliphatic heterocycles. The van der Waals surface area contributed by atoms with Crippen LogP contribution in [0.4, 0.5) is 18.9 Å². The topological polar surface area (TPSA) is 102 Å². The van der Waals surface area contributed by atoms with Crippen molar-refractivity contribution in [2.24, 2.45) is 0 Å². The van der Waals surface area contributed by atoms with Crippen LogP contribution in [-0.2, 0) is 11.3 Å². The fourth-order valence-corrected chi connectivity index (χ4v) is 2.60. The molecule has 0 saturated heterocycles. The number of hydrogen-bond donors (Lipinski definition) is 1. The molecule has 2 rings (SSSR count). The molecule has 0 heterocycles. The monoisotopic (exact) mass is 425 g/mol. The van der Waals surface area contributed by atoms with Gasteiger partial charge in [0.2, 0.25) is 5.91 Å². The molecule has 0 aliphatic rings. The quantitative estimate of drug-likeness (QED) is 0.542. The number of carbonyl (C=O) groups excluding carboxylic acids is 2. The van der Waals surface area contributed by atoms with Gasteiger partial charge in [0, 0.05) is 36.3 Å². The number of rotatable bonds is 7. The third-order valence-corrected chi connectivity index (χ3v) is 4.09. The van der Waals surface area contributed by atoms with Crippen molar-refractivity contribution >= 4 is 17.5 Å². The lowest BCUT2D eigenvalue weighted by Gasteiger charge is -2.20. The number of para-hydroxylation sites is 1. The Balaban J connectivity index is 1.98. The highest BCUT2D eigenvalue weighted by Gasteiger charge is 2.32. The highest BCUT2D eigenvalue weighted by molar-refractivity contribution is 5.96. The largest absolute Gasteiger partial charge is 0.573 e. The van der Waals surface area contributed by atoms with Crippen LogP contribution in [0.25, 0.3) is 0 Å². The number of benzene rings is 2. The molecule has 0 atom stereocenters. The summed E-state index contributed by atoms with van der Waals surface area (Å²) in [5.41, 5.74) is 0.430. The van der Waals surface area contributed by atoms with E-state index in [2.05, 4.69) is 10.1 Å². The van der Waals surface area contributed by atoms with E-state index >= 15 is 0 Å². The molecule has 2 amide bonds. The van der Waals surface area contributed by atoms with Crippen LogP contribution in [0.5, 0.6) is 5.75 Å². The van der Waals surface area contributed by atoms with Gasteiger partial charge in [-0.15, -0.1) is 13.2 Å². The molecule has 0 aromatic heterocycles. The molecule has 160 valence electrons. The second-order valence-corrected chi connectivity index (χ2v) is 6.35. The molecular formula is C19H18F3N3O5. The van der Waals surface area contributed by atoms with Gasteiger partial charge in [0.15, 0.2) is 0 Å². The van der Waals surface area contributed by atoms with Gasteiger partial charge in [0.1, 0.15) is 5.75 Å². The standard InChI is InChI=1S/C19H18F3N3O5/c1-12-9-13(7-8-15(12)25(28)29)18(27)23-10-17(26)24(2)11-14-5-3-4-6-16(14)30-19(20,21)22/h3-9H,10-11H2,1-2H3,(H,23,27). The average molecular weight is 425 g/mol. The molecule has 2 aromatic carbocycles. The summed E-state index contributed by atoms with van der Waals surface area (Å²) in [5, 5.41) is 13.2. The maximum atomic E-state index is 12.5. The van der Waals surface area contributed by atoms with E-state index in [1.165, 1.54) is 50.4 Å². The first-order valence-electron chi connectivity index (χ1n) is 8.59. The smallest absolute Gasteiger partial charge is 0.405 e. The molecule has 30 heavy (non-hydrogen) atoms. The minimum absolute atomic E-state index is 0.137. The number of ether oxygens (including phenoxy) is 1. The van der Waals surface area contributed by atoms with Gasteiger partial charge in [0.05, 0.1) is 11.5 Å². The lowest BCUT2D eigenvalue weighted by Crippen LogP contribution is -2.38. The van der Waals surface area contributed by atoms with E-state index in [1.807, 2.05) is 0 Å². The summed E-state index contributed by atoms with van der Waals surface area (Å²) >= 11 is 0. The Bertz CT molecular complexity index is 963. The van der Waals surface area contributed by atoms with Crippen LogP contribution in [0.2, 0.25) is 0 Å². The van der Waals surface area contributed by atoms with E-state index in [9.17, 15) is 32.9 Å². The first-order valence-corrected chi connectivity index (χ1v) is 8.59. The summed E-state index contributed by atoms with van der Waals surface area (Å²) in [4.78, 5) is 35.8. The predicted octanol–water partition coefficient (Wildman–Crippen LogP) is 3.19. The molecule has 8 nitrogen and oxygen atoms in total. The lowest BCUT2D eigenvalue weighted by atomic mass is 10.1. The Morgan fingerprint density at radius 3 is 2.47 bits per heavy atom. The Kier molecular flexibility index (Phi) is 6.98. The van der Waals surface area contributed by atoms with Crippen LogP contribution in [0, 0.1) is 17.0 Å². The number of alkyl halides is 3. The van der Waals surface area contributed by atoms with E-state index in [4.69, 9.17) is 0 Å². The first kappa shape index (κ1) is 22.7. The molecule has 0 radical (unpaired) electrons. The van der Waals surface area contributed by atoms with Crippen LogP contribution in [-0.4, -0.2) is 41.6 Å². The maximum absolute atomic E-state index is 12.5. The van der Waals surface area contributed by atoms with Crippen LogP contribution in [0.3, 0.4) is 0 Å². The summed E-state index contributed by atoms with van der Waals surface area (Å²) in [6.07, 6.45) is -4.87. The Hall–Kier alpha value is -3.63. The molecule has 0 aliphatic carbocycles. The van der Waals surface area contributed by atoms with Crippen molar-refractivity contribution in [3.8, 4) is 5.75 Å². The fraction of sp³-hybridized carbons (Fsp3) is 0.263. The summed E-state index contributed by atoms with van der Waals surface area (Å²) in [6, 6.07) is 9.19. The van der Waals surface area contributed by atoms with Gasteiger partial charge in [-0.25, -0.2) is 0 Å². The van der Waals surface area contributed by atoms with Gasteiger partial charge in [-0.05, 0) is 25.1 Å². The van der Waals surface area contributed by atoms with E-state index in [0.717, 1.165) is 11.0 Å². The second-order valence-electron chi connectivity index (χ2n) is 6.35. The minimum atomic E-state index is -4.87. The first-order chi connectivity index (χ1) is 14.0. The van der Waals surface area contributed by atoms with Crippen molar-refractivity contribution in [3.05, 3.63) is 69.3 Å². The SMILES string of the molecule is Cc1cc(C(=O)NCC(=O)N(C)Cc2ccccc2OC(F)(F)F)ccc1[N+](=O)[O-]. The number of halogens is 3. The number of likely N-dealkylation sites (N-methyl/N-ethyl adjacent to an activating group) is 1. The molecule has 1 N–H and O–H groups in total. The van der Waals surface area contributed by atoms with Gasteiger partial charge in [0.25, 0.3) is 11.6 Å². The molecular weight excluding hydrogens is 407 g/mol. The zero-order chi connectivity index (χ0) is 22.5. The number of amides is 2. The van der Waals surface area contributed by atoms with Crippen LogP contribution in [0.1, 0.15) is 21.5 Å². The zero-order valence-corrected chi connectivity index (χ0v) is 16.0. The van der Waals surface area contributed by atoms with Crippen LogP contribution < -0.4 is 10.1 Å². The van der Waals surface area contributed by atoms with Gasteiger partial charge in [-0.3, -0.25) is 19.7 Å². The highest BCUT2D eigenvalue weighted by Crippen LogP contribution is 2.27. The van der Waals surface area contributed by atoms with Gasteiger partial charge in [-0.2, -0.15) is 0 Å². The van der Waals surface area contributed by atoms with E-state index in [1.54, 1.807) is 0 Å². The van der Waals surface area contributed by atoms with Crippen molar-refractivity contribution < 1.29 is 32.4 Å².